The van der Waals surface area contributed by atoms with Crippen LogP contribution in [0.5, 0.6) is 0 Å². The van der Waals surface area contributed by atoms with Crippen molar-refractivity contribution in [2.45, 2.75) is 6.92 Å². The number of nitrogens with one attached hydrogen (secondary N) is 1. The summed E-state index contributed by atoms with van der Waals surface area (Å²) in [6.07, 6.45) is 1.60. The molecule has 0 aliphatic carbocycles. The van der Waals surface area contributed by atoms with Crippen LogP contribution in [0.2, 0.25) is 0 Å². The molecule has 6 heteroatoms. The number of nitrogens with zero attached hydrogens (tertiary/aromatic N) is 3. The fraction of sp³-hybridized carbons (Fsp3) is 0.0556. The van der Waals surface area contributed by atoms with Gasteiger partial charge in [-0.3, -0.25) is 4.79 Å². The molecule has 0 spiro atoms. The lowest BCUT2D eigenvalue weighted by molar-refractivity contribution is 0.629. The zero-order chi connectivity index (χ0) is 16.7. The van der Waals surface area contributed by atoms with Gasteiger partial charge in [0.05, 0.1) is 11.7 Å². The zero-order valence-electron chi connectivity index (χ0n) is 12.8. The summed E-state index contributed by atoms with van der Waals surface area (Å²) in [6, 6.07) is 13.8. The predicted molar refractivity (Wildman–Crippen MR) is 92.0 cm³/mol. The number of hydrogen-bond donors (Lipinski definition) is 1. The maximum absolute atomic E-state index is 13.4. The highest BCUT2D eigenvalue weighted by Gasteiger charge is 2.13. The third kappa shape index (κ3) is 2.28. The molecule has 2 heterocycles. The molecule has 24 heavy (non-hydrogen) atoms. The Kier molecular flexibility index (Phi) is 3.23. The van der Waals surface area contributed by atoms with Gasteiger partial charge in [0.25, 0.3) is 5.56 Å². The average molecular weight is 320 g/mol. The highest BCUT2D eigenvalue weighted by atomic mass is 19.1. The predicted octanol–water partition coefficient (Wildman–Crippen LogP) is 3.21. The van der Waals surface area contributed by atoms with Crippen LogP contribution < -0.4 is 5.56 Å². The van der Waals surface area contributed by atoms with E-state index in [-0.39, 0.29) is 11.4 Å². The van der Waals surface area contributed by atoms with Crippen LogP contribution in [0.25, 0.3) is 21.9 Å². The van der Waals surface area contributed by atoms with Crippen molar-refractivity contribution in [3.05, 3.63) is 76.1 Å². The van der Waals surface area contributed by atoms with Gasteiger partial charge < -0.3 is 4.98 Å². The van der Waals surface area contributed by atoms with E-state index in [4.69, 9.17) is 0 Å². The second kappa shape index (κ2) is 5.42. The van der Waals surface area contributed by atoms with Crippen LogP contribution in [0, 0.1) is 12.7 Å². The van der Waals surface area contributed by atoms with E-state index in [1.54, 1.807) is 19.2 Å². The van der Waals surface area contributed by atoms with Gasteiger partial charge in [-0.25, -0.2) is 9.37 Å². The van der Waals surface area contributed by atoms with Gasteiger partial charge in [-0.15, -0.1) is 0 Å². The lowest BCUT2D eigenvalue weighted by Gasteiger charge is -2.03. The largest absolute Gasteiger partial charge is 0.349 e. The molecule has 0 unspecified atom stereocenters. The van der Waals surface area contributed by atoms with Crippen molar-refractivity contribution in [2.24, 2.45) is 5.10 Å². The first-order valence-corrected chi connectivity index (χ1v) is 7.43. The standard InChI is InChI=1S/C18H13FN4O/c1-11-21-16-14-8-7-13(19)9-15(14)22-17(16)18(24)23(11)20-10-12-5-3-2-4-6-12/h2-10,22H,1H3. The molecule has 0 fully saturated rings. The molecule has 118 valence electrons. The van der Waals surface area contributed by atoms with Gasteiger partial charge in [0, 0.05) is 5.39 Å². The van der Waals surface area contributed by atoms with E-state index < -0.39 is 0 Å². The highest BCUT2D eigenvalue weighted by Crippen LogP contribution is 2.22. The summed E-state index contributed by atoms with van der Waals surface area (Å²) in [4.78, 5) is 20.1. The lowest BCUT2D eigenvalue weighted by atomic mass is 10.2. The van der Waals surface area contributed by atoms with E-state index in [0.29, 0.717) is 27.8 Å². The summed E-state index contributed by atoms with van der Waals surface area (Å²) in [5.74, 6) is 0.0955. The quantitative estimate of drug-likeness (QED) is 0.576. The number of H-pyrrole nitrogens is 1. The SMILES string of the molecule is Cc1nc2c([nH]c3cc(F)ccc32)c(=O)n1N=Cc1ccccc1. The van der Waals surface area contributed by atoms with Crippen LogP contribution in [-0.4, -0.2) is 20.9 Å². The van der Waals surface area contributed by atoms with Crippen molar-refractivity contribution in [3.63, 3.8) is 0 Å². The first kappa shape index (κ1) is 14.3. The van der Waals surface area contributed by atoms with Gasteiger partial charge in [-0.1, -0.05) is 30.3 Å². The minimum absolute atomic E-state index is 0.311. The summed E-state index contributed by atoms with van der Waals surface area (Å²) in [6.45, 7) is 1.71. The molecule has 4 aromatic rings. The number of hydrogen-bond acceptors (Lipinski definition) is 3. The fourth-order valence-corrected chi connectivity index (χ4v) is 2.69. The summed E-state index contributed by atoms with van der Waals surface area (Å²) in [5.41, 5.74) is 1.94. The van der Waals surface area contributed by atoms with Crippen LogP contribution in [0.15, 0.2) is 58.4 Å². The van der Waals surface area contributed by atoms with E-state index in [1.165, 1.54) is 16.8 Å². The maximum Gasteiger partial charge on any atom is 0.298 e. The smallest absolute Gasteiger partial charge is 0.298 e. The van der Waals surface area contributed by atoms with E-state index in [2.05, 4.69) is 15.1 Å². The van der Waals surface area contributed by atoms with Crippen LogP contribution >= 0.6 is 0 Å². The number of halogens is 1. The minimum atomic E-state index is -0.367. The van der Waals surface area contributed by atoms with E-state index in [1.807, 2.05) is 30.3 Å². The summed E-state index contributed by atoms with van der Waals surface area (Å²) in [7, 11) is 0. The van der Waals surface area contributed by atoms with Crippen molar-refractivity contribution < 1.29 is 4.39 Å². The van der Waals surface area contributed by atoms with Gasteiger partial charge >= 0.3 is 0 Å². The maximum atomic E-state index is 13.4. The van der Waals surface area contributed by atoms with Gasteiger partial charge in [-0.2, -0.15) is 9.78 Å². The normalized spacial score (nSPS) is 11.8. The van der Waals surface area contributed by atoms with Gasteiger partial charge in [0.1, 0.15) is 22.7 Å². The molecule has 2 aromatic heterocycles. The van der Waals surface area contributed by atoms with Gasteiger partial charge in [0.2, 0.25) is 0 Å². The molecular weight excluding hydrogens is 307 g/mol. The lowest BCUT2D eigenvalue weighted by Crippen LogP contribution is -2.20. The monoisotopic (exact) mass is 320 g/mol. The van der Waals surface area contributed by atoms with E-state index in [9.17, 15) is 9.18 Å². The van der Waals surface area contributed by atoms with E-state index in [0.717, 1.165) is 5.56 Å². The molecule has 4 rings (SSSR count). The molecule has 0 atom stereocenters. The van der Waals surface area contributed by atoms with Crippen molar-refractivity contribution in [2.75, 3.05) is 0 Å². The van der Waals surface area contributed by atoms with Gasteiger partial charge in [0.15, 0.2) is 0 Å². The third-order valence-electron chi connectivity index (χ3n) is 3.84. The Morgan fingerprint density at radius 1 is 1.21 bits per heavy atom. The number of rotatable bonds is 2. The fourth-order valence-electron chi connectivity index (χ4n) is 2.69. The topological polar surface area (TPSA) is 63.0 Å². The molecule has 5 nitrogen and oxygen atoms in total. The first-order chi connectivity index (χ1) is 11.6. The average Bonchev–Trinajstić information content (AvgIpc) is 2.93. The summed E-state index contributed by atoms with van der Waals surface area (Å²) in [5, 5.41) is 4.95. The van der Waals surface area contributed by atoms with Crippen molar-refractivity contribution in [3.8, 4) is 0 Å². The van der Waals surface area contributed by atoms with Crippen molar-refractivity contribution >= 4 is 28.2 Å². The summed E-state index contributed by atoms with van der Waals surface area (Å²) >= 11 is 0. The molecule has 2 aromatic carbocycles. The molecule has 1 N–H and O–H groups in total. The number of aromatic nitrogens is 3. The van der Waals surface area contributed by atoms with E-state index >= 15 is 0 Å². The Labute approximate surface area is 136 Å². The number of fused-ring (bicyclic) bond motifs is 3. The molecule has 0 saturated heterocycles. The third-order valence-corrected chi connectivity index (χ3v) is 3.84. The second-order valence-corrected chi connectivity index (χ2v) is 5.47. The second-order valence-electron chi connectivity index (χ2n) is 5.47. The van der Waals surface area contributed by atoms with Crippen molar-refractivity contribution in [1.82, 2.24) is 14.6 Å². The summed E-state index contributed by atoms with van der Waals surface area (Å²) < 4.78 is 14.6. The zero-order valence-corrected chi connectivity index (χ0v) is 12.8. The first-order valence-electron chi connectivity index (χ1n) is 7.43. The number of aryl methyl sites for hydroxylation is 1. The molecular formula is C18H13FN4O. The Bertz CT molecular complexity index is 1140. The van der Waals surface area contributed by atoms with Crippen LogP contribution in [0.4, 0.5) is 4.39 Å². The van der Waals surface area contributed by atoms with Crippen LogP contribution in [-0.2, 0) is 0 Å². The Morgan fingerprint density at radius 3 is 2.79 bits per heavy atom. The van der Waals surface area contributed by atoms with Gasteiger partial charge in [-0.05, 0) is 30.7 Å². The molecule has 0 radical (unpaired) electrons. The molecule has 0 amide bonds. The van der Waals surface area contributed by atoms with Crippen LogP contribution in [0.3, 0.4) is 0 Å². The molecule has 0 aliphatic rings. The molecule has 0 aliphatic heterocycles. The number of aromatic amines is 1. The Morgan fingerprint density at radius 2 is 2.00 bits per heavy atom. The van der Waals surface area contributed by atoms with Crippen molar-refractivity contribution in [1.29, 1.82) is 0 Å². The number of benzene rings is 2. The minimum Gasteiger partial charge on any atom is -0.349 e. The molecule has 0 saturated carbocycles. The Hall–Kier alpha value is -3.28. The van der Waals surface area contributed by atoms with Crippen LogP contribution in [0.1, 0.15) is 11.4 Å². The highest BCUT2D eigenvalue weighted by molar-refractivity contribution is 6.04. The Balaban J connectivity index is 1.92. The molecule has 0 bridgehead atoms.